The number of aliphatic hydroxyl groups is 1. The van der Waals surface area contributed by atoms with Gasteiger partial charge in [0.25, 0.3) is 0 Å². The predicted octanol–water partition coefficient (Wildman–Crippen LogP) is 1.15. The fraction of sp³-hybridized carbons (Fsp3) is 0.440. The van der Waals surface area contributed by atoms with E-state index >= 15 is 0 Å². The average molecular weight is 510 g/mol. The SMILES string of the molecule is COc1ccc2cc1OCCCN(C)[C@H](CO)C(=O)N1CCN(CC1)c1ncnc3[nH]c(O)c(c13)C=N2. The van der Waals surface area contributed by atoms with Gasteiger partial charge in [0.2, 0.25) is 5.91 Å². The molecule has 0 unspecified atom stereocenters. The van der Waals surface area contributed by atoms with E-state index in [1.54, 1.807) is 36.4 Å². The number of nitrogens with one attached hydrogen (secondary N) is 1. The number of fused-ring (bicyclic) bond motifs is 8. The summed E-state index contributed by atoms with van der Waals surface area (Å²) in [5.74, 6) is 1.61. The molecule has 37 heavy (non-hydrogen) atoms. The van der Waals surface area contributed by atoms with Gasteiger partial charge in [-0.05, 0) is 25.6 Å². The molecule has 3 aromatic rings. The maximum atomic E-state index is 13.3. The average Bonchev–Trinajstić information content (AvgIpc) is 3.24. The summed E-state index contributed by atoms with van der Waals surface area (Å²) in [6.45, 7) is 2.79. The quantitative estimate of drug-likeness (QED) is 0.464. The van der Waals surface area contributed by atoms with Crippen molar-refractivity contribution in [3.63, 3.8) is 0 Å². The van der Waals surface area contributed by atoms with Crippen LogP contribution < -0.4 is 14.4 Å². The van der Waals surface area contributed by atoms with E-state index in [4.69, 9.17) is 9.47 Å². The number of carbonyl (C=O) groups is 1. The number of H-pyrrole nitrogens is 1. The Kier molecular flexibility index (Phi) is 7.10. The van der Waals surface area contributed by atoms with E-state index in [0.717, 1.165) is 0 Å². The lowest BCUT2D eigenvalue weighted by Gasteiger charge is -2.38. The Hall–Kier alpha value is -3.90. The van der Waals surface area contributed by atoms with Crippen molar-refractivity contribution in [2.24, 2.45) is 4.99 Å². The number of benzene rings is 1. The second kappa shape index (κ2) is 10.6. The van der Waals surface area contributed by atoms with Gasteiger partial charge in [-0.2, -0.15) is 0 Å². The number of methoxy groups -OCH3 is 1. The smallest absolute Gasteiger partial charge is 0.242 e. The van der Waals surface area contributed by atoms with Gasteiger partial charge in [0.05, 0.1) is 37.0 Å². The van der Waals surface area contributed by atoms with E-state index in [9.17, 15) is 15.0 Å². The molecule has 1 saturated heterocycles. The molecular formula is C25H31N7O5. The standard InChI is InChI=1S/C25H31N7O5/c1-30-6-3-11-37-20-12-16(4-5-19(20)36-2)26-13-17-21-22(29-24(17)34)27-15-28-23(21)31-7-9-32(10-8-31)25(35)18(30)14-33/h4-5,12-13,15,18,33-34H,3,6-11,14H2,1-2H3,(H,27,28,29)/t18-/m1/s1. The summed E-state index contributed by atoms with van der Waals surface area (Å²) in [6.07, 6.45) is 3.68. The number of nitrogens with zero attached hydrogens (tertiary/aromatic N) is 6. The van der Waals surface area contributed by atoms with E-state index in [-0.39, 0.29) is 18.4 Å². The summed E-state index contributed by atoms with van der Waals surface area (Å²) in [6, 6.07) is 4.73. The maximum Gasteiger partial charge on any atom is 0.242 e. The van der Waals surface area contributed by atoms with E-state index in [0.29, 0.717) is 85.4 Å². The van der Waals surface area contributed by atoms with Crippen molar-refractivity contribution < 1.29 is 24.5 Å². The summed E-state index contributed by atoms with van der Waals surface area (Å²) in [5, 5.41) is 21.3. The lowest BCUT2D eigenvalue weighted by Crippen LogP contribution is -2.55. The number of aliphatic hydroxyl groups excluding tert-OH is 1. The van der Waals surface area contributed by atoms with Crippen molar-refractivity contribution in [2.75, 3.05) is 65.0 Å². The van der Waals surface area contributed by atoms with Gasteiger partial charge in [-0.15, -0.1) is 0 Å². The molecule has 0 aliphatic carbocycles. The summed E-state index contributed by atoms with van der Waals surface area (Å²) in [7, 11) is 3.41. The minimum atomic E-state index is -0.626. The third-order valence-corrected chi connectivity index (χ3v) is 6.87. The van der Waals surface area contributed by atoms with Gasteiger partial charge in [0.15, 0.2) is 17.4 Å². The lowest BCUT2D eigenvalue weighted by atomic mass is 10.1. The lowest BCUT2D eigenvalue weighted by molar-refractivity contribution is -0.138. The number of hydrogen-bond acceptors (Lipinski definition) is 10. The summed E-state index contributed by atoms with van der Waals surface area (Å²) in [4.78, 5) is 35.3. The Morgan fingerprint density at radius 1 is 1.16 bits per heavy atom. The van der Waals surface area contributed by atoms with E-state index < -0.39 is 6.04 Å². The first-order chi connectivity index (χ1) is 18.0. The van der Waals surface area contributed by atoms with Crippen LogP contribution in [0.4, 0.5) is 11.5 Å². The van der Waals surface area contributed by atoms with Crippen molar-refractivity contribution in [3.05, 3.63) is 30.1 Å². The van der Waals surface area contributed by atoms with Gasteiger partial charge in [-0.1, -0.05) is 0 Å². The van der Waals surface area contributed by atoms with E-state index in [2.05, 4.69) is 24.8 Å². The number of carbonyl (C=O) groups excluding carboxylic acids is 1. The molecule has 1 amide bonds. The second-order valence-corrected chi connectivity index (χ2v) is 9.09. The van der Waals surface area contributed by atoms with Crippen LogP contribution in [-0.4, -0.2) is 113 Å². The number of aromatic amines is 1. The highest BCUT2D eigenvalue weighted by Crippen LogP contribution is 2.34. The van der Waals surface area contributed by atoms with E-state index in [1.165, 1.54) is 6.33 Å². The highest BCUT2D eigenvalue weighted by molar-refractivity contribution is 6.06. The van der Waals surface area contributed by atoms with Gasteiger partial charge in [0, 0.05) is 45.0 Å². The summed E-state index contributed by atoms with van der Waals surface area (Å²) < 4.78 is 11.4. The number of aromatic hydroxyl groups is 1. The molecular weight excluding hydrogens is 478 g/mol. The number of aliphatic imine (C=N–C) groups is 1. The third kappa shape index (κ3) is 4.89. The molecule has 0 spiro atoms. The Bertz CT molecular complexity index is 1300. The predicted molar refractivity (Wildman–Crippen MR) is 138 cm³/mol. The molecule has 3 aliphatic rings. The molecule has 12 nitrogen and oxygen atoms in total. The van der Waals surface area contributed by atoms with Gasteiger partial charge in [-0.3, -0.25) is 14.7 Å². The van der Waals surface area contributed by atoms with Crippen LogP contribution in [0.15, 0.2) is 29.5 Å². The largest absolute Gasteiger partial charge is 0.494 e. The number of hydrogen-bond donors (Lipinski definition) is 3. The molecule has 196 valence electrons. The van der Waals surface area contributed by atoms with Crippen molar-refractivity contribution in [1.29, 1.82) is 0 Å². The molecule has 6 rings (SSSR count). The second-order valence-electron chi connectivity index (χ2n) is 9.09. The number of anilines is 1. The van der Waals surface area contributed by atoms with E-state index in [1.807, 2.05) is 11.9 Å². The van der Waals surface area contributed by atoms with Crippen LogP contribution in [0.2, 0.25) is 0 Å². The molecule has 12 heteroatoms. The zero-order valence-corrected chi connectivity index (χ0v) is 20.9. The number of ether oxygens (including phenoxy) is 2. The number of aromatic nitrogens is 3. The van der Waals surface area contributed by atoms with Crippen molar-refractivity contribution in [1.82, 2.24) is 24.8 Å². The molecule has 1 atom stereocenters. The molecule has 5 heterocycles. The maximum absolute atomic E-state index is 13.3. The summed E-state index contributed by atoms with van der Waals surface area (Å²) >= 11 is 0. The van der Waals surface area contributed by atoms with Gasteiger partial charge >= 0.3 is 0 Å². The van der Waals surface area contributed by atoms with Crippen molar-refractivity contribution in [3.8, 4) is 17.4 Å². The molecule has 3 N–H and O–H groups in total. The fourth-order valence-electron chi connectivity index (χ4n) is 4.79. The third-order valence-electron chi connectivity index (χ3n) is 6.87. The van der Waals surface area contributed by atoms with Crippen LogP contribution in [0.1, 0.15) is 12.0 Å². The molecule has 1 aromatic carbocycles. The van der Waals surface area contributed by atoms with Crippen molar-refractivity contribution >= 4 is 34.7 Å². The minimum absolute atomic E-state index is 0.0565. The van der Waals surface area contributed by atoms with Crippen molar-refractivity contribution in [2.45, 2.75) is 12.5 Å². The van der Waals surface area contributed by atoms with Gasteiger partial charge in [0.1, 0.15) is 23.8 Å². The zero-order chi connectivity index (χ0) is 25.9. The molecule has 4 bridgehead atoms. The molecule has 0 radical (unpaired) electrons. The summed E-state index contributed by atoms with van der Waals surface area (Å²) in [5.41, 5.74) is 1.59. The van der Waals surface area contributed by atoms with Crippen LogP contribution in [-0.2, 0) is 4.79 Å². The number of likely N-dealkylation sites (N-methyl/N-ethyl adjacent to an activating group) is 1. The molecule has 2 aromatic heterocycles. The van der Waals surface area contributed by atoms with Crippen LogP contribution in [0.5, 0.6) is 17.4 Å². The Morgan fingerprint density at radius 3 is 2.70 bits per heavy atom. The monoisotopic (exact) mass is 509 g/mol. The fourth-order valence-corrected chi connectivity index (χ4v) is 4.79. The van der Waals surface area contributed by atoms with Crippen LogP contribution in [0.3, 0.4) is 0 Å². The number of amides is 1. The minimum Gasteiger partial charge on any atom is -0.494 e. The van der Waals surface area contributed by atoms with Crippen LogP contribution in [0.25, 0.3) is 11.0 Å². The number of rotatable bonds is 2. The Morgan fingerprint density at radius 2 is 1.95 bits per heavy atom. The first-order valence-corrected chi connectivity index (χ1v) is 12.3. The highest BCUT2D eigenvalue weighted by Gasteiger charge is 2.31. The molecule has 3 aliphatic heterocycles. The first kappa shape index (κ1) is 24.8. The number of piperazine rings is 1. The topological polar surface area (TPSA) is 140 Å². The first-order valence-electron chi connectivity index (χ1n) is 12.3. The van der Waals surface area contributed by atoms with Crippen LogP contribution in [0, 0.1) is 0 Å². The molecule has 0 saturated carbocycles. The zero-order valence-electron chi connectivity index (χ0n) is 20.9. The normalized spacial score (nSPS) is 19.4. The highest BCUT2D eigenvalue weighted by atomic mass is 16.5. The molecule has 1 fully saturated rings. The Labute approximate surface area is 214 Å². The van der Waals surface area contributed by atoms with Gasteiger partial charge < -0.3 is 34.5 Å². The van der Waals surface area contributed by atoms with Gasteiger partial charge in [-0.25, -0.2) is 9.97 Å². The Balaban J connectivity index is 1.55. The van der Waals surface area contributed by atoms with Crippen LogP contribution >= 0.6 is 0 Å².